The normalized spacial score (nSPS) is 18.7. The lowest BCUT2D eigenvalue weighted by molar-refractivity contribution is 0.593. The van der Waals surface area contributed by atoms with E-state index >= 15 is 0 Å². The molecule has 1 fully saturated rings. The van der Waals surface area contributed by atoms with E-state index in [-0.39, 0.29) is 5.25 Å². The molecule has 61 valence electrons. The quantitative estimate of drug-likeness (QED) is 0.649. The van der Waals surface area contributed by atoms with Crippen LogP contribution in [0.2, 0.25) is 0 Å². The van der Waals surface area contributed by atoms with Crippen molar-refractivity contribution in [1.82, 2.24) is 0 Å². The summed E-state index contributed by atoms with van der Waals surface area (Å²) in [5.74, 6) is 0.628. The Morgan fingerprint density at radius 3 is 2.92 bits per heavy atom. The fraction of sp³-hybridized carbons (Fsp3) is 0.400. The van der Waals surface area contributed by atoms with Gasteiger partial charge in [-0.15, -0.1) is 0 Å². The highest BCUT2D eigenvalue weighted by molar-refractivity contribution is 7.65. The molecule has 1 nitrogen and oxygen atoms in total. The van der Waals surface area contributed by atoms with Crippen LogP contribution in [-0.2, 0) is 15.9 Å². The minimum Gasteiger partial charge on any atom is -0.0612 e. The third-order valence-corrected chi connectivity index (χ3v) is 3.08. The van der Waals surface area contributed by atoms with Crippen LogP contribution < -0.4 is 0 Å². The van der Waals surface area contributed by atoms with Crippen molar-refractivity contribution < 1.29 is 4.21 Å². The summed E-state index contributed by atoms with van der Waals surface area (Å²) in [6.45, 7) is 0. The van der Waals surface area contributed by atoms with E-state index in [0.29, 0.717) is 5.92 Å². The van der Waals surface area contributed by atoms with Crippen molar-refractivity contribution in [2.75, 3.05) is 0 Å². The first-order chi connectivity index (χ1) is 5.92. The van der Waals surface area contributed by atoms with Crippen LogP contribution in [0.1, 0.15) is 23.7 Å². The smallest absolute Gasteiger partial charge is 0.0612 e. The first kappa shape index (κ1) is 7.87. The summed E-state index contributed by atoms with van der Waals surface area (Å²) in [7, 11) is 0. The van der Waals surface area contributed by atoms with Gasteiger partial charge in [-0.25, -0.2) is 0 Å². The average Bonchev–Trinajstić information content (AvgIpc) is 2.92. The standard InChI is InChI=1S/C10H10OS/c11-12-10(9-6-7-9)8-4-2-1-3-5-8/h1-2,4-5,9-10H,6-7H2/q+1. The Morgan fingerprint density at radius 1 is 1.58 bits per heavy atom. The molecular formula is C10H10OS+. The summed E-state index contributed by atoms with van der Waals surface area (Å²) >= 11 is 0.724. The zero-order valence-corrected chi connectivity index (χ0v) is 7.51. The van der Waals surface area contributed by atoms with Crippen LogP contribution in [0.25, 0.3) is 0 Å². The highest BCUT2D eigenvalue weighted by Gasteiger charge is 2.41. The van der Waals surface area contributed by atoms with Crippen molar-refractivity contribution in [1.29, 1.82) is 0 Å². The Morgan fingerprint density at radius 2 is 2.42 bits per heavy atom. The molecule has 1 aromatic carbocycles. The molecule has 1 radical (unpaired) electrons. The largest absolute Gasteiger partial charge is 0.467 e. The predicted molar refractivity (Wildman–Crippen MR) is 48.8 cm³/mol. The highest BCUT2D eigenvalue weighted by atomic mass is 32.1. The summed E-state index contributed by atoms with van der Waals surface area (Å²) in [5.41, 5.74) is 1.14. The number of hydrogen-bond donors (Lipinski definition) is 0. The van der Waals surface area contributed by atoms with E-state index in [0.717, 1.165) is 17.2 Å². The maximum absolute atomic E-state index is 10.8. The highest BCUT2D eigenvalue weighted by Crippen LogP contribution is 2.42. The molecule has 1 atom stereocenters. The maximum Gasteiger partial charge on any atom is 0.467 e. The second-order valence-corrected chi connectivity index (χ2v) is 3.89. The minimum atomic E-state index is 0.169. The molecule has 1 saturated carbocycles. The van der Waals surface area contributed by atoms with Gasteiger partial charge in [0.1, 0.15) is 0 Å². The van der Waals surface area contributed by atoms with Gasteiger partial charge < -0.3 is 0 Å². The van der Waals surface area contributed by atoms with Gasteiger partial charge in [-0.1, -0.05) is 18.2 Å². The Bertz CT molecular complexity index is 266. The van der Waals surface area contributed by atoms with Crippen molar-refractivity contribution in [2.24, 2.45) is 5.92 Å². The minimum absolute atomic E-state index is 0.169. The van der Waals surface area contributed by atoms with Gasteiger partial charge in [0.25, 0.3) is 5.25 Å². The summed E-state index contributed by atoms with van der Waals surface area (Å²) in [4.78, 5) is 0. The molecule has 0 aromatic heterocycles. The lowest BCUT2D eigenvalue weighted by atomic mass is 10.1. The number of hydrogen-bond acceptors (Lipinski definition) is 1. The molecule has 0 heterocycles. The maximum atomic E-state index is 10.8. The van der Waals surface area contributed by atoms with Crippen LogP contribution in [0.4, 0.5) is 0 Å². The Labute approximate surface area is 76.3 Å². The topological polar surface area (TPSA) is 17.1 Å². The zero-order chi connectivity index (χ0) is 8.39. The van der Waals surface area contributed by atoms with Gasteiger partial charge in [-0.2, -0.15) is 0 Å². The van der Waals surface area contributed by atoms with E-state index in [4.69, 9.17) is 0 Å². The van der Waals surface area contributed by atoms with Crippen molar-refractivity contribution in [2.45, 2.75) is 18.1 Å². The Hall–Kier alpha value is -0.760. The van der Waals surface area contributed by atoms with Crippen molar-refractivity contribution >= 4 is 11.7 Å². The summed E-state index contributed by atoms with van der Waals surface area (Å²) in [6.07, 6.45) is 2.43. The van der Waals surface area contributed by atoms with E-state index in [9.17, 15) is 4.21 Å². The monoisotopic (exact) mass is 178 g/mol. The molecule has 1 aliphatic rings. The number of rotatable bonds is 3. The third kappa shape index (κ3) is 1.53. The molecule has 0 bridgehead atoms. The van der Waals surface area contributed by atoms with E-state index < -0.39 is 0 Å². The SMILES string of the molecule is O=[S+]C(c1c[c]ccc1)C1CC1. The zero-order valence-electron chi connectivity index (χ0n) is 6.69. The van der Waals surface area contributed by atoms with Crippen molar-refractivity contribution in [3.05, 3.63) is 35.9 Å². The van der Waals surface area contributed by atoms with Gasteiger partial charge >= 0.3 is 11.7 Å². The first-order valence-corrected chi connectivity index (χ1v) is 4.97. The molecule has 2 heteroatoms. The van der Waals surface area contributed by atoms with Crippen LogP contribution in [0.3, 0.4) is 0 Å². The summed E-state index contributed by atoms with van der Waals surface area (Å²) < 4.78 is 10.8. The first-order valence-electron chi connectivity index (χ1n) is 4.16. The van der Waals surface area contributed by atoms with Crippen LogP contribution in [0, 0.1) is 12.0 Å². The van der Waals surface area contributed by atoms with E-state index in [2.05, 4.69) is 6.07 Å². The average molecular weight is 178 g/mol. The third-order valence-electron chi connectivity index (χ3n) is 2.21. The fourth-order valence-electron chi connectivity index (χ4n) is 1.39. The van der Waals surface area contributed by atoms with Crippen LogP contribution in [-0.4, -0.2) is 0 Å². The molecule has 12 heavy (non-hydrogen) atoms. The lowest BCUT2D eigenvalue weighted by Gasteiger charge is -1.96. The fourth-order valence-corrected chi connectivity index (χ4v) is 2.08. The van der Waals surface area contributed by atoms with Gasteiger partial charge in [0.2, 0.25) is 0 Å². The molecule has 0 saturated heterocycles. The van der Waals surface area contributed by atoms with Gasteiger partial charge in [0.05, 0.1) is 0 Å². The van der Waals surface area contributed by atoms with Gasteiger partial charge in [-0.05, 0) is 25.0 Å². The Balaban J connectivity index is 2.21. The van der Waals surface area contributed by atoms with Crippen LogP contribution >= 0.6 is 0 Å². The van der Waals surface area contributed by atoms with Crippen molar-refractivity contribution in [3.8, 4) is 0 Å². The molecular weight excluding hydrogens is 168 g/mol. The molecule has 1 aliphatic carbocycles. The van der Waals surface area contributed by atoms with Gasteiger partial charge in [0.15, 0.2) is 0 Å². The molecule has 0 aliphatic heterocycles. The number of benzene rings is 1. The molecule has 1 aromatic rings. The van der Waals surface area contributed by atoms with Crippen LogP contribution in [0.5, 0.6) is 0 Å². The second kappa shape index (κ2) is 3.31. The molecule has 2 rings (SSSR count). The Kier molecular flexibility index (Phi) is 2.17. The van der Waals surface area contributed by atoms with Crippen molar-refractivity contribution in [3.63, 3.8) is 0 Å². The molecule has 0 amide bonds. The second-order valence-electron chi connectivity index (χ2n) is 3.19. The molecule has 0 N–H and O–H groups in total. The molecule has 1 unspecified atom stereocenters. The lowest BCUT2D eigenvalue weighted by Crippen LogP contribution is -1.97. The predicted octanol–water partition coefficient (Wildman–Crippen LogP) is 2.37. The van der Waals surface area contributed by atoms with E-state index in [1.165, 1.54) is 12.8 Å². The summed E-state index contributed by atoms with van der Waals surface area (Å²) in [6, 6.07) is 10.8. The molecule has 0 spiro atoms. The van der Waals surface area contributed by atoms with Crippen LogP contribution in [0.15, 0.2) is 24.3 Å². The van der Waals surface area contributed by atoms with Gasteiger partial charge in [0, 0.05) is 15.7 Å². The van der Waals surface area contributed by atoms with E-state index in [1.807, 2.05) is 24.3 Å². The summed E-state index contributed by atoms with van der Waals surface area (Å²) in [5, 5.41) is 0.169. The van der Waals surface area contributed by atoms with Gasteiger partial charge in [-0.3, -0.25) is 0 Å². The van der Waals surface area contributed by atoms with E-state index in [1.54, 1.807) is 0 Å².